The van der Waals surface area contributed by atoms with Gasteiger partial charge in [0, 0.05) is 5.41 Å². The van der Waals surface area contributed by atoms with Crippen molar-refractivity contribution in [3.63, 3.8) is 0 Å². The highest BCUT2D eigenvalue weighted by Crippen LogP contribution is 2.42. The molecule has 4 rings (SSSR count). The molecule has 94 valence electrons. The second-order valence-electron chi connectivity index (χ2n) is 5.47. The summed E-state index contributed by atoms with van der Waals surface area (Å²) in [6.45, 7) is 3.97. The lowest BCUT2D eigenvalue weighted by atomic mass is 9.68. The number of fused-ring (bicyclic) bond motifs is 1. The second kappa shape index (κ2) is 3.80. The van der Waals surface area contributed by atoms with Crippen molar-refractivity contribution in [2.24, 2.45) is 5.92 Å². The molecule has 1 atom stereocenters. The van der Waals surface area contributed by atoms with Gasteiger partial charge in [0.1, 0.15) is 0 Å². The lowest BCUT2D eigenvalue weighted by Crippen LogP contribution is -2.53. The van der Waals surface area contributed by atoms with Crippen LogP contribution in [0.5, 0.6) is 0 Å². The minimum absolute atomic E-state index is 0.225. The monoisotopic (exact) mass is 243 g/mol. The van der Waals surface area contributed by atoms with E-state index in [1.54, 1.807) is 6.33 Å². The number of ether oxygens (including phenoxy) is 1. The van der Waals surface area contributed by atoms with Gasteiger partial charge in [0.2, 0.25) is 0 Å². The van der Waals surface area contributed by atoms with Crippen molar-refractivity contribution >= 4 is 11.0 Å². The second-order valence-corrected chi connectivity index (χ2v) is 5.47. The Labute approximate surface area is 106 Å². The molecule has 1 aromatic heterocycles. The van der Waals surface area contributed by atoms with Gasteiger partial charge in [-0.3, -0.25) is 0 Å². The molecule has 1 aromatic carbocycles. The van der Waals surface area contributed by atoms with E-state index in [9.17, 15) is 0 Å². The minimum atomic E-state index is 0.225. The Morgan fingerprint density at radius 3 is 3.00 bits per heavy atom. The molecule has 1 unspecified atom stereocenters. The van der Waals surface area contributed by atoms with Crippen molar-refractivity contribution in [2.45, 2.75) is 11.8 Å². The number of imidazole rings is 1. The van der Waals surface area contributed by atoms with Crippen molar-refractivity contribution in [1.82, 2.24) is 15.3 Å². The number of benzene rings is 1. The van der Waals surface area contributed by atoms with Gasteiger partial charge < -0.3 is 15.0 Å². The van der Waals surface area contributed by atoms with Gasteiger partial charge in [0.25, 0.3) is 0 Å². The summed E-state index contributed by atoms with van der Waals surface area (Å²) in [5, 5.41) is 3.47. The van der Waals surface area contributed by atoms with Crippen LogP contribution >= 0.6 is 0 Å². The Bertz CT molecular complexity index is 567. The Morgan fingerprint density at radius 2 is 2.28 bits per heavy atom. The van der Waals surface area contributed by atoms with E-state index in [2.05, 4.69) is 33.5 Å². The van der Waals surface area contributed by atoms with Crippen LogP contribution in [0.4, 0.5) is 0 Å². The van der Waals surface area contributed by atoms with Crippen LogP contribution in [0.1, 0.15) is 12.0 Å². The summed E-state index contributed by atoms with van der Waals surface area (Å²) in [6, 6.07) is 6.59. The van der Waals surface area contributed by atoms with Crippen LogP contribution in [0.25, 0.3) is 11.0 Å². The van der Waals surface area contributed by atoms with Crippen LogP contribution in [0, 0.1) is 5.92 Å². The van der Waals surface area contributed by atoms with Crippen LogP contribution in [-0.4, -0.2) is 36.3 Å². The predicted octanol–water partition coefficient (Wildman–Crippen LogP) is 1.44. The highest BCUT2D eigenvalue weighted by Gasteiger charge is 2.47. The number of nitrogens with one attached hydrogen (secondary N) is 2. The number of nitrogens with zero attached hydrogens (tertiary/aromatic N) is 1. The zero-order chi connectivity index (χ0) is 12.0. The zero-order valence-corrected chi connectivity index (χ0v) is 10.3. The molecule has 0 amide bonds. The van der Waals surface area contributed by atoms with Crippen LogP contribution in [0.3, 0.4) is 0 Å². The zero-order valence-electron chi connectivity index (χ0n) is 10.3. The highest BCUT2D eigenvalue weighted by atomic mass is 16.5. The fourth-order valence-corrected chi connectivity index (χ4v) is 3.33. The average Bonchev–Trinajstić information content (AvgIpc) is 2.96. The molecular formula is C14H17N3O. The standard InChI is InChI=1S/C14H17N3O/c1-2-12-13(17-9-16-12)5-10(1)14(7-18-8-14)11-3-4-15-6-11/h1-2,5,9,11,15H,3-4,6-8H2,(H,16,17). The fourth-order valence-electron chi connectivity index (χ4n) is 3.33. The number of rotatable bonds is 2. The van der Waals surface area contributed by atoms with Crippen LogP contribution in [0.15, 0.2) is 24.5 Å². The molecule has 4 heteroatoms. The maximum Gasteiger partial charge on any atom is 0.0931 e. The van der Waals surface area contributed by atoms with Crippen molar-refractivity contribution < 1.29 is 4.74 Å². The first kappa shape index (κ1) is 10.5. The van der Waals surface area contributed by atoms with Gasteiger partial charge in [-0.25, -0.2) is 4.98 Å². The molecule has 18 heavy (non-hydrogen) atoms. The van der Waals surface area contributed by atoms with Gasteiger partial charge in [-0.1, -0.05) is 6.07 Å². The maximum absolute atomic E-state index is 5.54. The molecule has 0 saturated carbocycles. The van der Waals surface area contributed by atoms with E-state index in [0.717, 1.165) is 37.3 Å². The number of hydrogen-bond donors (Lipinski definition) is 2. The van der Waals surface area contributed by atoms with Gasteiger partial charge in [-0.05, 0) is 43.1 Å². The topological polar surface area (TPSA) is 49.9 Å². The summed E-state index contributed by atoms with van der Waals surface area (Å²) in [5.74, 6) is 0.701. The van der Waals surface area contributed by atoms with Crippen molar-refractivity contribution in [1.29, 1.82) is 0 Å². The van der Waals surface area contributed by atoms with E-state index < -0.39 is 0 Å². The molecule has 0 aliphatic carbocycles. The molecule has 0 spiro atoms. The molecule has 2 aliphatic heterocycles. The van der Waals surface area contributed by atoms with E-state index in [1.165, 1.54) is 12.0 Å². The smallest absolute Gasteiger partial charge is 0.0931 e. The fraction of sp³-hybridized carbons (Fsp3) is 0.500. The lowest BCUT2D eigenvalue weighted by Gasteiger charge is -2.46. The maximum atomic E-state index is 5.54. The van der Waals surface area contributed by atoms with Gasteiger partial charge in [0.15, 0.2) is 0 Å². The summed E-state index contributed by atoms with van der Waals surface area (Å²) >= 11 is 0. The molecule has 0 bridgehead atoms. The first-order valence-corrected chi connectivity index (χ1v) is 6.61. The average molecular weight is 243 g/mol. The van der Waals surface area contributed by atoms with E-state index in [0.29, 0.717) is 5.92 Å². The molecular weight excluding hydrogens is 226 g/mol. The number of H-pyrrole nitrogens is 1. The molecule has 2 fully saturated rings. The lowest BCUT2D eigenvalue weighted by molar-refractivity contribution is -0.0868. The van der Waals surface area contributed by atoms with E-state index in [4.69, 9.17) is 4.74 Å². The van der Waals surface area contributed by atoms with Crippen molar-refractivity contribution in [3.05, 3.63) is 30.1 Å². The normalized spacial score (nSPS) is 26.3. The Balaban J connectivity index is 1.78. The molecule has 4 nitrogen and oxygen atoms in total. The Hall–Kier alpha value is -1.39. The Morgan fingerprint density at radius 1 is 1.33 bits per heavy atom. The number of aromatic amines is 1. The molecule has 2 N–H and O–H groups in total. The number of aromatic nitrogens is 2. The summed E-state index contributed by atoms with van der Waals surface area (Å²) in [4.78, 5) is 7.49. The molecule has 3 heterocycles. The van der Waals surface area contributed by atoms with Crippen LogP contribution in [0.2, 0.25) is 0 Å². The van der Waals surface area contributed by atoms with E-state index in [-0.39, 0.29) is 5.41 Å². The summed E-state index contributed by atoms with van der Waals surface area (Å²) in [6.07, 6.45) is 3.01. The van der Waals surface area contributed by atoms with E-state index in [1.807, 2.05) is 0 Å². The van der Waals surface area contributed by atoms with Crippen LogP contribution in [-0.2, 0) is 10.2 Å². The quantitative estimate of drug-likeness (QED) is 0.839. The third-order valence-corrected chi connectivity index (χ3v) is 4.56. The molecule has 2 aliphatic rings. The van der Waals surface area contributed by atoms with E-state index >= 15 is 0 Å². The highest BCUT2D eigenvalue weighted by molar-refractivity contribution is 5.75. The van der Waals surface area contributed by atoms with Gasteiger partial charge in [-0.15, -0.1) is 0 Å². The van der Waals surface area contributed by atoms with Gasteiger partial charge >= 0.3 is 0 Å². The third-order valence-electron chi connectivity index (χ3n) is 4.56. The summed E-state index contributed by atoms with van der Waals surface area (Å²) in [7, 11) is 0. The molecule has 2 saturated heterocycles. The molecule has 0 radical (unpaired) electrons. The Kier molecular flexibility index (Phi) is 2.22. The van der Waals surface area contributed by atoms with Crippen LogP contribution < -0.4 is 5.32 Å². The summed E-state index contributed by atoms with van der Waals surface area (Å²) in [5.41, 5.74) is 3.80. The first-order chi connectivity index (χ1) is 8.88. The predicted molar refractivity (Wildman–Crippen MR) is 69.6 cm³/mol. The minimum Gasteiger partial charge on any atom is -0.379 e. The van der Waals surface area contributed by atoms with Crippen molar-refractivity contribution in [3.8, 4) is 0 Å². The van der Waals surface area contributed by atoms with Gasteiger partial charge in [-0.2, -0.15) is 0 Å². The third kappa shape index (κ3) is 1.36. The van der Waals surface area contributed by atoms with Crippen molar-refractivity contribution in [2.75, 3.05) is 26.3 Å². The summed E-state index contributed by atoms with van der Waals surface area (Å²) < 4.78 is 5.54. The SMILES string of the molecule is c1nc2ccc(C3(C4CCNC4)COC3)cc2[nH]1. The largest absolute Gasteiger partial charge is 0.379 e. The van der Waals surface area contributed by atoms with Gasteiger partial charge in [0.05, 0.1) is 30.6 Å². The molecule has 2 aromatic rings. The first-order valence-electron chi connectivity index (χ1n) is 6.61. The number of hydrogen-bond acceptors (Lipinski definition) is 3.